The third kappa shape index (κ3) is 6.13. The van der Waals surface area contributed by atoms with E-state index in [0.717, 1.165) is 54.7 Å². The third-order valence-electron chi connectivity index (χ3n) is 6.61. The second kappa shape index (κ2) is 12.9. The molecule has 0 saturated carbocycles. The maximum atomic E-state index is 13.4. The molecule has 0 spiro atoms. The van der Waals surface area contributed by atoms with Crippen LogP contribution in [0.3, 0.4) is 0 Å². The molecule has 0 bridgehead atoms. The molecule has 8 heteroatoms. The summed E-state index contributed by atoms with van der Waals surface area (Å²) in [6, 6.07) is 1.88. The summed E-state index contributed by atoms with van der Waals surface area (Å²) >= 11 is 2.70. The molecule has 2 heterocycles. The molecule has 1 N–H and O–H groups in total. The van der Waals surface area contributed by atoms with Crippen LogP contribution in [0.5, 0.6) is 11.5 Å². The first-order valence-corrected chi connectivity index (χ1v) is 14.7. The van der Waals surface area contributed by atoms with Gasteiger partial charge in [0.05, 0.1) is 20.6 Å². The standard InChI is InChI=1S/C27H40N2O4S2/c1-6-10-13-19(9-4)17-33-20-16-18(5)22(30)24-23(20)34-27(35-24)21-25(31)28(14-11-7-2)29(26(21)32)15-12-8-3/h16,19,30H,6-15,17H2,1-5H3. The predicted molar refractivity (Wildman–Crippen MR) is 144 cm³/mol. The Morgan fingerprint density at radius 3 is 2.03 bits per heavy atom. The van der Waals surface area contributed by atoms with Gasteiger partial charge in [0.2, 0.25) is 0 Å². The van der Waals surface area contributed by atoms with Gasteiger partial charge in [-0.2, -0.15) is 0 Å². The largest absolute Gasteiger partial charge is 0.506 e. The lowest BCUT2D eigenvalue weighted by Crippen LogP contribution is -2.42. The first-order chi connectivity index (χ1) is 16.9. The van der Waals surface area contributed by atoms with E-state index < -0.39 is 0 Å². The van der Waals surface area contributed by atoms with Gasteiger partial charge in [-0.25, -0.2) is 10.0 Å². The zero-order valence-corrected chi connectivity index (χ0v) is 23.4. The molecule has 35 heavy (non-hydrogen) atoms. The van der Waals surface area contributed by atoms with Gasteiger partial charge in [0.25, 0.3) is 11.8 Å². The summed E-state index contributed by atoms with van der Waals surface area (Å²) in [5.74, 6) is 0.941. The van der Waals surface area contributed by atoms with Crippen molar-refractivity contribution in [1.82, 2.24) is 10.0 Å². The monoisotopic (exact) mass is 520 g/mol. The topological polar surface area (TPSA) is 70.1 Å². The highest BCUT2D eigenvalue weighted by Crippen LogP contribution is 2.60. The van der Waals surface area contributed by atoms with Crippen molar-refractivity contribution >= 4 is 35.3 Å². The number of thioether (sulfide) groups is 2. The van der Waals surface area contributed by atoms with Crippen LogP contribution >= 0.6 is 23.5 Å². The number of hydrogen-bond acceptors (Lipinski definition) is 6. The second-order valence-corrected chi connectivity index (χ2v) is 11.7. The fourth-order valence-electron chi connectivity index (χ4n) is 4.25. The average Bonchev–Trinajstić information content (AvgIpc) is 3.38. The van der Waals surface area contributed by atoms with Crippen molar-refractivity contribution in [2.24, 2.45) is 5.92 Å². The number of rotatable bonds is 13. The van der Waals surface area contributed by atoms with E-state index in [0.29, 0.717) is 34.7 Å². The van der Waals surface area contributed by atoms with Crippen LogP contribution in [0.1, 0.15) is 84.6 Å². The number of phenolic OH excluding ortho intramolecular Hbond substituents is 1. The van der Waals surface area contributed by atoms with Gasteiger partial charge < -0.3 is 9.84 Å². The summed E-state index contributed by atoms with van der Waals surface area (Å²) in [6.45, 7) is 12.1. The normalized spacial score (nSPS) is 16.5. The first-order valence-electron chi connectivity index (χ1n) is 13.1. The van der Waals surface area contributed by atoms with Crippen molar-refractivity contribution in [3.05, 3.63) is 21.4 Å². The highest BCUT2D eigenvalue weighted by Gasteiger charge is 2.44. The van der Waals surface area contributed by atoms with Crippen molar-refractivity contribution in [2.75, 3.05) is 19.7 Å². The Labute approximate surface area is 218 Å². The SMILES string of the molecule is CCCCC(CC)COc1cc(C)c(O)c2c1SC(=C1C(=O)N(CCCC)N(CCCC)C1=O)S2. The van der Waals surface area contributed by atoms with E-state index in [1.165, 1.54) is 36.4 Å². The minimum absolute atomic E-state index is 0.196. The van der Waals surface area contributed by atoms with Crippen LogP contribution in [0.2, 0.25) is 0 Å². The van der Waals surface area contributed by atoms with Crippen LogP contribution in [-0.2, 0) is 9.59 Å². The lowest BCUT2D eigenvalue weighted by atomic mass is 10.0. The van der Waals surface area contributed by atoms with Gasteiger partial charge in [0, 0.05) is 13.1 Å². The Balaban J connectivity index is 1.90. The summed E-state index contributed by atoms with van der Waals surface area (Å²) in [5, 5.41) is 14.1. The maximum absolute atomic E-state index is 13.4. The molecule has 1 atom stereocenters. The van der Waals surface area contributed by atoms with Gasteiger partial charge >= 0.3 is 0 Å². The molecule has 1 saturated heterocycles. The number of hydrogen-bond donors (Lipinski definition) is 1. The van der Waals surface area contributed by atoms with E-state index in [1.807, 2.05) is 13.0 Å². The number of carbonyl (C=O) groups is 2. The van der Waals surface area contributed by atoms with Crippen LogP contribution in [0.4, 0.5) is 0 Å². The number of fused-ring (bicyclic) bond motifs is 1. The van der Waals surface area contributed by atoms with Crippen molar-refractivity contribution in [2.45, 2.75) is 95.8 Å². The van der Waals surface area contributed by atoms with Gasteiger partial charge in [-0.1, -0.05) is 83.3 Å². The van der Waals surface area contributed by atoms with Crippen molar-refractivity contribution in [3.8, 4) is 11.5 Å². The lowest BCUT2D eigenvalue weighted by Gasteiger charge is -2.27. The number of hydrazine groups is 1. The fraction of sp³-hybridized carbons (Fsp3) is 0.630. The van der Waals surface area contributed by atoms with Crippen molar-refractivity contribution < 1.29 is 19.4 Å². The number of benzene rings is 1. The van der Waals surface area contributed by atoms with Gasteiger partial charge in [-0.05, 0) is 43.7 Å². The molecule has 194 valence electrons. The quantitative estimate of drug-likeness (QED) is 0.226. The summed E-state index contributed by atoms with van der Waals surface area (Å²) < 4.78 is 6.93. The molecule has 2 amide bonds. The summed E-state index contributed by atoms with van der Waals surface area (Å²) in [4.78, 5) is 28.3. The van der Waals surface area contributed by atoms with Gasteiger partial charge in [-0.15, -0.1) is 0 Å². The molecule has 1 aromatic rings. The van der Waals surface area contributed by atoms with Crippen LogP contribution in [-0.4, -0.2) is 46.6 Å². The Hall–Kier alpha value is -1.80. The van der Waals surface area contributed by atoms with E-state index in [4.69, 9.17) is 4.74 Å². The van der Waals surface area contributed by atoms with Crippen molar-refractivity contribution in [3.63, 3.8) is 0 Å². The molecular weight excluding hydrogens is 480 g/mol. The van der Waals surface area contributed by atoms with Crippen LogP contribution in [0.15, 0.2) is 25.7 Å². The van der Waals surface area contributed by atoms with Crippen molar-refractivity contribution in [1.29, 1.82) is 0 Å². The number of amides is 2. The lowest BCUT2D eigenvalue weighted by molar-refractivity contribution is -0.147. The van der Waals surface area contributed by atoms with E-state index in [1.54, 1.807) is 10.0 Å². The highest BCUT2D eigenvalue weighted by atomic mass is 32.2. The van der Waals surface area contributed by atoms with E-state index in [2.05, 4.69) is 27.7 Å². The number of ether oxygens (including phenoxy) is 1. The summed E-state index contributed by atoms with van der Waals surface area (Å²) in [6.07, 6.45) is 8.13. The minimum Gasteiger partial charge on any atom is -0.506 e. The molecule has 0 aliphatic carbocycles. The molecule has 1 aromatic carbocycles. The molecule has 0 aromatic heterocycles. The molecule has 6 nitrogen and oxygen atoms in total. The molecule has 2 aliphatic heterocycles. The number of carbonyl (C=O) groups excluding carboxylic acids is 2. The van der Waals surface area contributed by atoms with Gasteiger partial charge in [-0.3, -0.25) is 9.59 Å². The van der Waals surface area contributed by atoms with E-state index in [-0.39, 0.29) is 23.1 Å². The zero-order chi connectivity index (χ0) is 25.5. The fourth-order valence-corrected chi connectivity index (χ4v) is 6.94. The number of aryl methyl sites for hydroxylation is 1. The Kier molecular flexibility index (Phi) is 10.3. The van der Waals surface area contributed by atoms with Gasteiger partial charge in [0.15, 0.2) is 0 Å². The Morgan fingerprint density at radius 2 is 1.49 bits per heavy atom. The van der Waals surface area contributed by atoms with E-state index in [9.17, 15) is 14.7 Å². The zero-order valence-electron chi connectivity index (χ0n) is 21.8. The maximum Gasteiger partial charge on any atom is 0.279 e. The van der Waals surface area contributed by atoms with Gasteiger partial charge in [0.1, 0.15) is 17.1 Å². The molecular formula is C27H40N2O4S2. The van der Waals surface area contributed by atoms with Crippen LogP contribution in [0, 0.1) is 12.8 Å². The Morgan fingerprint density at radius 1 is 0.914 bits per heavy atom. The minimum atomic E-state index is -0.230. The molecule has 1 unspecified atom stereocenters. The Bertz CT molecular complexity index is 935. The third-order valence-corrected chi connectivity index (χ3v) is 9.23. The smallest absolute Gasteiger partial charge is 0.279 e. The molecule has 2 aliphatic rings. The number of aromatic hydroxyl groups is 1. The number of unbranched alkanes of at least 4 members (excludes halogenated alkanes) is 3. The molecule has 1 fully saturated rings. The number of phenols is 1. The van der Waals surface area contributed by atoms with E-state index >= 15 is 0 Å². The van der Waals surface area contributed by atoms with Crippen LogP contribution < -0.4 is 4.74 Å². The average molecular weight is 521 g/mol. The highest BCUT2D eigenvalue weighted by molar-refractivity contribution is 8.25. The predicted octanol–water partition coefficient (Wildman–Crippen LogP) is 6.89. The number of nitrogens with zero attached hydrogens (tertiary/aromatic N) is 2. The first kappa shape index (κ1) is 27.8. The second-order valence-electron chi connectivity index (χ2n) is 9.36. The molecule has 3 rings (SSSR count). The molecule has 0 radical (unpaired) electrons. The summed E-state index contributed by atoms with van der Waals surface area (Å²) in [7, 11) is 0. The van der Waals surface area contributed by atoms with Crippen LogP contribution in [0.25, 0.3) is 0 Å². The summed E-state index contributed by atoms with van der Waals surface area (Å²) in [5.41, 5.74) is 0.957.